The molecule has 5 nitrogen and oxygen atoms in total. The van der Waals surface area contributed by atoms with Gasteiger partial charge in [0.15, 0.2) is 5.78 Å². The SMILES string of the molecule is O=C(CCCC(=O)N1CCNC(=O)C1c1ccc(F)cc1)c1ccccc1. The third kappa shape index (κ3) is 4.58. The molecule has 6 heteroatoms. The Kier molecular flexibility index (Phi) is 5.96. The number of ketones is 1. The average Bonchev–Trinajstić information content (AvgIpc) is 2.69. The monoisotopic (exact) mass is 368 g/mol. The standard InChI is InChI=1S/C21H21FN2O3/c22-17-11-9-16(10-12-17)20-21(27)23-13-14-24(20)19(26)8-4-7-18(25)15-5-2-1-3-6-15/h1-3,5-6,9-12,20H,4,7-8,13-14H2,(H,23,27). The first-order valence-electron chi connectivity index (χ1n) is 8.97. The number of nitrogens with one attached hydrogen (secondary N) is 1. The number of nitrogens with zero attached hydrogens (tertiary/aromatic N) is 1. The molecule has 0 saturated carbocycles. The Balaban J connectivity index is 1.62. The Morgan fingerprint density at radius 1 is 1.04 bits per heavy atom. The molecule has 2 amide bonds. The van der Waals surface area contributed by atoms with E-state index in [2.05, 4.69) is 5.32 Å². The van der Waals surface area contributed by atoms with Crippen molar-refractivity contribution >= 4 is 17.6 Å². The second-order valence-corrected chi connectivity index (χ2v) is 6.48. The first-order valence-corrected chi connectivity index (χ1v) is 8.97. The van der Waals surface area contributed by atoms with Gasteiger partial charge in [0.2, 0.25) is 11.8 Å². The summed E-state index contributed by atoms with van der Waals surface area (Å²) in [6.45, 7) is 0.768. The highest BCUT2D eigenvalue weighted by Crippen LogP contribution is 2.25. The van der Waals surface area contributed by atoms with E-state index in [1.165, 1.54) is 29.2 Å². The average molecular weight is 368 g/mol. The zero-order valence-electron chi connectivity index (χ0n) is 14.9. The maximum absolute atomic E-state index is 13.2. The molecule has 1 aliphatic rings. The van der Waals surface area contributed by atoms with Gasteiger partial charge in [-0.3, -0.25) is 14.4 Å². The predicted octanol–water partition coefficient (Wildman–Crippen LogP) is 2.88. The van der Waals surface area contributed by atoms with Crippen molar-refractivity contribution < 1.29 is 18.8 Å². The second-order valence-electron chi connectivity index (χ2n) is 6.48. The summed E-state index contributed by atoms with van der Waals surface area (Å²) in [5, 5.41) is 2.75. The molecule has 2 aromatic carbocycles. The van der Waals surface area contributed by atoms with Gasteiger partial charge in [-0.25, -0.2) is 4.39 Å². The Hall–Kier alpha value is -3.02. The lowest BCUT2D eigenvalue weighted by atomic mass is 10.0. The van der Waals surface area contributed by atoms with Gasteiger partial charge in [-0.15, -0.1) is 0 Å². The molecule has 1 saturated heterocycles. The Bertz CT molecular complexity index is 821. The maximum atomic E-state index is 13.2. The van der Waals surface area contributed by atoms with Crippen LogP contribution in [0.15, 0.2) is 54.6 Å². The molecule has 1 fully saturated rings. The summed E-state index contributed by atoms with van der Waals surface area (Å²) in [7, 11) is 0. The molecule has 140 valence electrons. The zero-order chi connectivity index (χ0) is 19.2. The van der Waals surface area contributed by atoms with Crippen LogP contribution in [0.5, 0.6) is 0 Å². The molecular formula is C21H21FN2O3. The molecule has 0 aromatic heterocycles. The summed E-state index contributed by atoms with van der Waals surface area (Å²) in [6.07, 6.45) is 0.876. The first-order chi connectivity index (χ1) is 13.1. The number of halogens is 1. The van der Waals surface area contributed by atoms with Crippen LogP contribution in [0.25, 0.3) is 0 Å². The fourth-order valence-corrected chi connectivity index (χ4v) is 3.22. The molecule has 2 aromatic rings. The number of rotatable bonds is 6. The van der Waals surface area contributed by atoms with Gasteiger partial charge in [-0.05, 0) is 24.1 Å². The smallest absolute Gasteiger partial charge is 0.247 e. The molecule has 1 unspecified atom stereocenters. The van der Waals surface area contributed by atoms with Crippen LogP contribution in [0.1, 0.15) is 41.2 Å². The summed E-state index contributed by atoms with van der Waals surface area (Å²) in [5.74, 6) is -0.858. The molecule has 1 heterocycles. The highest BCUT2D eigenvalue weighted by Gasteiger charge is 2.33. The van der Waals surface area contributed by atoms with Gasteiger partial charge in [0.05, 0.1) is 0 Å². The zero-order valence-corrected chi connectivity index (χ0v) is 14.9. The normalized spacial score (nSPS) is 16.7. The minimum Gasteiger partial charge on any atom is -0.352 e. The molecule has 1 atom stereocenters. The number of amides is 2. The van der Waals surface area contributed by atoms with Crippen molar-refractivity contribution in [2.24, 2.45) is 0 Å². The second kappa shape index (κ2) is 8.58. The van der Waals surface area contributed by atoms with E-state index in [-0.39, 0.29) is 30.4 Å². The predicted molar refractivity (Wildman–Crippen MR) is 98.5 cm³/mol. The fraction of sp³-hybridized carbons (Fsp3) is 0.286. The first kappa shape index (κ1) is 18.8. The summed E-state index contributed by atoms with van der Waals surface area (Å²) in [6, 6.07) is 13.8. The van der Waals surface area contributed by atoms with Gasteiger partial charge in [-0.1, -0.05) is 42.5 Å². The van der Waals surface area contributed by atoms with Gasteiger partial charge in [0, 0.05) is 31.5 Å². The van der Waals surface area contributed by atoms with Gasteiger partial charge in [0.25, 0.3) is 0 Å². The molecule has 1 aliphatic heterocycles. The van der Waals surface area contributed by atoms with Crippen molar-refractivity contribution in [1.82, 2.24) is 10.2 Å². The number of carbonyl (C=O) groups excluding carboxylic acids is 3. The Morgan fingerprint density at radius 2 is 1.74 bits per heavy atom. The molecule has 1 N–H and O–H groups in total. The number of carbonyl (C=O) groups is 3. The van der Waals surface area contributed by atoms with Crippen LogP contribution in [-0.4, -0.2) is 35.6 Å². The number of hydrogen-bond donors (Lipinski definition) is 1. The van der Waals surface area contributed by atoms with Crippen molar-refractivity contribution in [3.05, 3.63) is 71.5 Å². The van der Waals surface area contributed by atoms with Crippen LogP contribution in [0.3, 0.4) is 0 Å². The molecule has 0 spiro atoms. The van der Waals surface area contributed by atoms with Crippen molar-refractivity contribution in [2.45, 2.75) is 25.3 Å². The van der Waals surface area contributed by atoms with Crippen LogP contribution in [0, 0.1) is 5.82 Å². The third-order valence-electron chi connectivity index (χ3n) is 4.61. The van der Waals surface area contributed by atoms with Crippen LogP contribution >= 0.6 is 0 Å². The molecule has 27 heavy (non-hydrogen) atoms. The minimum absolute atomic E-state index is 0.00475. The van der Waals surface area contributed by atoms with E-state index < -0.39 is 11.9 Å². The van der Waals surface area contributed by atoms with E-state index in [1.54, 1.807) is 24.3 Å². The molecule has 0 radical (unpaired) electrons. The van der Waals surface area contributed by atoms with Gasteiger partial charge in [0.1, 0.15) is 11.9 Å². The lowest BCUT2D eigenvalue weighted by molar-refractivity contribution is -0.143. The molecule has 0 bridgehead atoms. The quantitative estimate of drug-likeness (QED) is 0.798. The van der Waals surface area contributed by atoms with E-state index in [0.717, 1.165) is 0 Å². The van der Waals surface area contributed by atoms with Crippen LogP contribution in [0.4, 0.5) is 4.39 Å². The lowest BCUT2D eigenvalue weighted by Gasteiger charge is -2.35. The number of piperazine rings is 1. The van der Waals surface area contributed by atoms with E-state index in [4.69, 9.17) is 0 Å². The van der Waals surface area contributed by atoms with Crippen molar-refractivity contribution in [2.75, 3.05) is 13.1 Å². The fourth-order valence-electron chi connectivity index (χ4n) is 3.22. The molecule has 0 aliphatic carbocycles. The number of benzene rings is 2. The van der Waals surface area contributed by atoms with Crippen molar-refractivity contribution in [3.8, 4) is 0 Å². The number of hydrogen-bond acceptors (Lipinski definition) is 3. The minimum atomic E-state index is -0.767. The lowest BCUT2D eigenvalue weighted by Crippen LogP contribution is -2.52. The summed E-state index contributed by atoms with van der Waals surface area (Å²) < 4.78 is 13.2. The molecule has 3 rings (SSSR count). The molecular weight excluding hydrogens is 347 g/mol. The van der Waals surface area contributed by atoms with Crippen LogP contribution in [0.2, 0.25) is 0 Å². The summed E-state index contributed by atoms with van der Waals surface area (Å²) in [5.41, 5.74) is 1.20. The van der Waals surface area contributed by atoms with Crippen molar-refractivity contribution in [1.29, 1.82) is 0 Å². The summed E-state index contributed by atoms with van der Waals surface area (Å²) in [4.78, 5) is 38.6. The maximum Gasteiger partial charge on any atom is 0.247 e. The highest BCUT2D eigenvalue weighted by atomic mass is 19.1. The topological polar surface area (TPSA) is 66.5 Å². The Morgan fingerprint density at radius 3 is 2.44 bits per heavy atom. The van der Waals surface area contributed by atoms with Crippen LogP contribution in [-0.2, 0) is 9.59 Å². The van der Waals surface area contributed by atoms with E-state index in [0.29, 0.717) is 30.6 Å². The van der Waals surface area contributed by atoms with Gasteiger partial charge >= 0.3 is 0 Å². The van der Waals surface area contributed by atoms with E-state index in [1.807, 2.05) is 6.07 Å². The van der Waals surface area contributed by atoms with Crippen molar-refractivity contribution in [3.63, 3.8) is 0 Å². The highest BCUT2D eigenvalue weighted by molar-refractivity contribution is 5.96. The summed E-state index contributed by atoms with van der Waals surface area (Å²) >= 11 is 0. The van der Waals surface area contributed by atoms with Gasteiger partial charge < -0.3 is 10.2 Å². The van der Waals surface area contributed by atoms with E-state index >= 15 is 0 Å². The largest absolute Gasteiger partial charge is 0.352 e. The Labute approximate surface area is 157 Å². The van der Waals surface area contributed by atoms with Crippen LogP contribution < -0.4 is 5.32 Å². The number of Topliss-reactive ketones (excluding diaryl/α,β-unsaturated/α-hetero) is 1. The third-order valence-corrected chi connectivity index (χ3v) is 4.61. The van der Waals surface area contributed by atoms with Gasteiger partial charge in [-0.2, -0.15) is 0 Å². The van der Waals surface area contributed by atoms with E-state index in [9.17, 15) is 18.8 Å².